The van der Waals surface area contributed by atoms with Crippen molar-refractivity contribution in [1.29, 1.82) is 0 Å². The number of hydrogen-bond donors (Lipinski definition) is 1. The number of aromatic nitrogens is 2. The summed E-state index contributed by atoms with van der Waals surface area (Å²) in [4.78, 5) is 17.8. The lowest BCUT2D eigenvalue weighted by Gasteiger charge is -2.17. The Kier molecular flexibility index (Phi) is 5.94. The average Bonchev–Trinajstić information content (AvgIpc) is 3.10. The molecule has 1 heterocycles. The van der Waals surface area contributed by atoms with Crippen molar-refractivity contribution in [3.63, 3.8) is 0 Å². The molecule has 0 bridgehead atoms. The summed E-state index contributed by atoms with van der Waals surface area (Å²) in [6, 6.07) is 26.2. The molecule has 152 valence electrons. The number of benzene rings is 3. The summed E-state index contributed by atoms with van der Waals surface area (Å²) in [5, 5.41) is 3.17. The smallest absolute Gasteiger partial charge is 0.231 e. The molecule has 1 N–H and O–H groups in total. The zero-order valence-electron chi connectivity index (χ0n) is 17.5. The Morgan fingerprint density at radius 1 is 0.933 bits per heavy atom. The van der Waals surface area contributed by atoms with E-state index in [2.05, 4.69) is 36.0 Å². The molecule has 4 nitrogen and oxygen atoms in total. The summed E-state index contributed by atoms with van der Waals surface area (Å²) in [6.45, 7) is 2.05. The van der Waals surface area contributed by atoms with Crippen LogP contribution in [0.2, 0.25) is 0 Å². The number of imidazole rings is 1. The maximum absolute atomic E-state index is 13.0. The molecule has 0 fully saturated rings. The molecular formula is C26H27N3O. The van der Waals surface area contributed by atoms with Gasteiger partial charge in [0, 0.05) is 19.2 Å². The molecule has 0 saturated heterocycles. The van der Waals surface area contributed by atoms with Crippen LogP contribution in [0.1, 0.15) is 36.2 Å². The third-order valence-electron chi connectivity index (χ3n) is 5.70. The van der Waals surface area contributed by atoms with Crippen LogP contribution >= 0.6 is 0 Å². The first-order valence-electron chi connectivity index (χ1n) is 10.5. The first-order valence-corrected chi connectivity index (χ1v) is 10.5. The third-order valence-corrected chi connectivity index (χ3v) is 5.70. The van der Waals surface area contributed by atoms with Crippen molar-refractivity contribution in [2.75, 3.05) is 5.32 Å². The fourth-order valence-electron chi connectivity index (χ4n) is 4.00. The molecule has 1 aromatic heterocycles. The Bertz CT molecular complexity index is 1150. The molecule has 0 saturated carbocycles. The van der Waals surface area contributed by atoms with Gasteiger partial charge in [-0.1, -0.05) is 67.6 Å². The van der Waals surface area contributed by atoms with Gasteiger partial charge in [-0.2, -0.15) is 0 Å². The molecule has 0 aliphatic carbocycles. The molecular weight excluding hydrogens is 370 g/mol. The van der Waals surface area contributed by atoms with Crippen LogP contribution < -0.4 is 5.32 Å². The Morgan fingerprint density at radius 3 is 2.40 bits per heavy atom. The molecule has 30 heavy (non-hydrogen) atoms. The van der Waals surface area contributed by atoms with Gasteiger partial charge in [0.2, 0.25) is 5.91 Å². The van der Waals surface area contributed by atoms with E-state index in [9.17, 15) is 4.79 Å². The van der Waals surface area contributed by atoms with Gasteiger partial charge in [0.25, 0.3) is 0 Å². The predicted octanol–water partition coefficient (Wildman–Crippen LogP) is 5.49. The number of nitrogens with one attached hydrogen (secondary N) is 1. The lowest BCUT2D eigenvalue weighted by Crippen LogP contribution is -2.21. The van der Waals surface area contributed by atoms with Gasteiger partial charge in [-0.05, 0) is 42.2 Å². The van der Waals surface area contributed by atoms with Gasteiger partial charge < -0.3 is 9.88 Å². The van der Waals surface area contributed by atoms with Crippen LogP contribution in [0.15, 0.2) is 78.9 Å². The molecule has 1 amide bonds. The molecule has 0 unspecified atom stereocenters. The summed E-state index contributed by atoms with van der Waals surface area (Å²) < 4.78 is 2.15. The fraction of sp³-hybridized carbons (Fsp3) is 0.231. The summed E-state index contributed by atoms with van der Waals surface area (Å²) in [7, 11) is 2.06. The Hall–Kier alpha value is -3.40. The number of amides is 1. The number of para-hydroxylation sites is 3. The highest BCUT2D eigenvalue weighted by Crippen LogP contribution is 2.24. The molecule has 0 aliphatic rings. The molecule has 3 aromatic carbocycles. The maximum atomic E-state index is 13.0. The van der Waals surface area contributed by atoms with Gasteiger partial charge in [0.15, 0.2) is 0 Å². The van der Waals surface area contributed by atoms with E-state index in [4.69, 9.17) is 4.98 Å². The van der Waals surface area contributed by atoms with Gasteiger partial charge in [-0.3, -0.25) is 4.79 Å². The van der Waals surface area contributed by atoms with E-state index in [0.717, 1.165) is 52.9 Å². The topological polar surface area (TPSA) is 46.9 Å². The molecule has 0 spiro atoms. The van der Waals surface area contributed by atoms with Crippen molar-refractivity contribution in [2.45, 2.75) is 32.1 Å². The minimum Gasteiger partial charge on any atom is -0.331 e. The summed E-state index contributed by atoms with van der Waals surface area (Å²) in [5.41, 5.74) is 5.22. The molecule has 0 radical (unpaired) electrons. The van der Waals surface area contributed by atoms with E-state index in [1.807, 2.05) is 66.7 Å². The number of anilines is 1. The highest BCUT2D eigenvalue weighted by molar-refractivity contribution is 5.96. The summed E-state index contributed by atoms with van der Waals surface area (Å²) >= 11 is 0. The van der Waals surface area contributed by atoms with E-state index >= 15 is 0 Å². The van der Waals surface area contributed by atoms with Crippen LogP contribution in [-0.2, 0) is 24.7 Å². The SMILES string of the molecule is CC[C@@H](C(=O)Nc1ccccc1CCc1nc2ccccc2n1C)c1ccccc1. The summed E-state index contributed by atoms with van der Waals surface area (Å²) in [5.74, 6) is 0.936. The van der Waals surface area contributed by atoms with E-state index in [1.54, 1.807) is 0 Å². The summed E-state index contributed by atoms with van der Waals surface area (Å²) in [6.07, 6.45) is 2.39. The second-order valence-corrected chi connectivity index (χ2v) is 7.59. The highest BCUT2D eigenvalue weighted by atomic mass is 16.1. The van der Waals surface area contributed by atoms with Crippen molar-refractivity contribution < 1.29 is 4.79 Å². The zero-order valence-corrected chi connectivity index (χ0v) is 17.5. The van der Waals surface area contributed by atoms with Crippen LogP contribution in [0, 0.1) is 0 Å². The Balaban J connectivity index is 1.51. The lowest BCUT2D eigenvalue weighted by atomic mass is 9.95. The van der Waals surface area contributed by atoms with Gasteiger partial charge in [-0.15, -0.1) is 0 Å². The monoisotopic (exact) mass is 397 g/mol. The average molecular weight is 398 g/mol. The van der Waals surface area contributed by atoms with Gasteiger partial charge >= 0.3 is 0 Å². The Morgan fingerprint density at radius 2 is 1.63 bits per heavy atom. The van der Waals surface area contributed by atoms with Crippen molar-refractivity contribution in [1.82, 2.24) is 9.55 Å². The van der Waals surface area contributed by atoms with E-state index < -0.39 is 0 Å². The van der Waals surface area contributed by atoms with Gasteiger partial charge in [-0.25, -0.2) is 4.98 Å². The van der Waals surface area contributed by atoms with Crippen molar-refractivity contribution >= 4 is 22.6 Å². The lowest BCUT2D eigenvalue weighted by molar-refractivity contribution is -0.117. The second-order valence-electron chi connectivity index (χ2n) is 7.59. The minimum atomic E-state index is -0.154. The number of fused-ring (bicyclic) bond motifs is 1. The number of aryl methyl sites for hydroxylation is 3. The molecule has 0 aliphatic heterocycles. The van der Waals surface area contributed by atoms with Crippen LogP contribution in [0.5, 0.6) is 0 Å². The minimum absolute atomic E-state index is 0.0406. The second kappa shape index (κ2) is 8.95. The van der Waals surface area contributed by atoms with Crippen molar-refractivity contribution in [2.24, 2.45) is 7.05 Å². The molecule has 4 aromatic rings. The van der Waals surface area contributed by atoms with E-state index in [1.165, 1.54) is 0 Å². The largest absolute Gasteiger partial charge is 0.331 e. The van der Waals surface area contributed by atoms with Crippen LogP contribution in [0.4, 0.5) is 5.69 Å². The predicted molar refractivity (Wildman–Crippen MR) is 123 cm³/mol. The number of carbonyl (C=O) groups excluding carboxylic acids is 1. The maximum Gasteiger partial charge on any atom is 0.231 e. The van der Waals surface area contributed by atoms with Gasteiger partial charge in [0.1, 0.15) is 5.82 Å². The standard InChI is InChI=1S/C26H27N3O/c1-3-21(19-11-5-4-6-12-19)26(30)28-22-14-8-7-13-20(22)17-18-25-27-23-15-9-10-16-24(23)29(25)2/h4-16,21H,3,17-18H2,1-2H3,(H,28,30)/t21-/m1/s1. The molecule has 4 heteroatoms. The third kappa shape index (κ3) is 4.13. The van der Waals surface area contributed by atoms with Gasteiger partial charge in [0.05, 0.1) is 17.0 Å². The molecule has 4 rings (SSSR count). The van der Waals surface area contributed by atoms with Crippen molar-refractivity contribution in [3.8, 4) is 0 Å². The number of hydrogen-bond acceptors (Lipinski definition) is 2. The highest BCUT2D eigenvalue weighted by Gasteiger charge is 2.19. The Labute approximate surface area is 177 Å². The van der Waals surface area contributed by atoms with E-state index in [-0.39, 0.29) is 11.8 Å². The van der Waals surface area contributed by atoms with Crippen molar-refractivity contribution in [3.05, 3.63) is 95.8 Å². The fourth-order valence-corrected chi connectivity index (χ4v) is 4.00. The number of carbonyl (C=O) groups is 1. The molecule has 1 atom stereocenters. The number of rotatable bonds is 7. The normalized spacial score (nSPS) is 12.1. The van der Waals surface area contributed by atoms with Crippen LogP contribution in [0.3, 0.4) is 0 Å². The number of nitrogens with zero attached hydrogens (tertiary/aromatic N) is 2. The van der Waals surface area contributed by atoms with Crippen LogP contribution in [0.25, 0.3) is 11.0 Å². The van der Waals surface area contributed by atoms with Crippen LogP contribution in [-0.4, -0.2) is 15.5 Å². The quantitative estimate of drug-likeness (QED) is 0.448. The van der Waals surface area contributed by atoms with E-state index in [0.29, 0.717) is 0 Å². The zero-order chi connectivity index (χ0) is 20.9. The first kappa shape index (κ1) is 19.9. The first-order chi connectivity index (χ1) is 14.7.